The summed E-state index contributed by atoms with van der Waals surface area (Å²) >= 11 is 0. The van der Waals surface area contributed by atoms with Crippen LogP contribution in [0.15, 0.2) is 0 Å². The first-order chi connectivity index (χ1) is 6.46. The Kier molecular flexibility index (Phi) is 3.43. The van der Waals surface area contributed by atoms with Crippen molar-refractivity contribution >= 4 is 0 Å². The average Bonchev–Trinajstić information content (AvgIpc) is 2.20. The second-order valence-electron chi connectivity index (χ2n) is 3.21. The lowest BCUT2D eigenvalue weighted by molar-refractivity contribution is -0.359. The van der Waals surface area contributed by atoms with E-state index in [1.165, 1.54) is 7.05 Å². The van der Waals surface area contributed by atoms with Gasteiger partial charge in [0, 0.05) is 0 Å². The Morgan fingerprint density at radius 2 is 1.86 bits per heavy atom. The Labute approximate surface area is 80.6 Å². The van der Waals surface area contributed by atoms with E-state index in [0.29, 0.717) is 0 Å². The van der Waals surface area contributed by atoms with Gasteiger partial charge in [0.05, 0.1) is 6.61 Å². The van der Waals surface area contributed by atoms with Gasteiger partial charge >= 0.3 is 0 Å². The van der Waals surface area contributed by atoms with E-state index in [-0.39, 0.29) is 0 Å². The lowest BCUT2D eigenvalue weighted by Crippen LogP contribution is -2.69. The van der Waals surface area contributed by atoms with Crippen LogP contribution in [0.5, 0.6) is 0 Å². The summed E-state index contributed by atoms with van der Waals surface area (Å²) in [6, 6.07) is 0. The molecule has 0 bridgehead atoms. The fourth-order valence-corrected chi connectivity index (χ4v) is 1.36. The van der Waals surface area contributed by atoms with Crippen LogP contribution < -0.4 is 5.32 Å². The topological polar surface area (TPSA) is 122 Å². The van der Waals surface area contributed by atoms with E-state index in [1.807, 2.05) is 0 Å². The predicted octanol–water partition coefficient (Wildman–Crippen LogP) is -3.67. The average molecular weight is 209 g/mol. The first kappa shape index (κ1) is 11.8. The van der Waals surface area contributed by atoms with E-state index in [1.54, 1.807) is 0 Å². The van der Waals surface area contributed by atoms with E-state index < -0.39 is 36.9 Å². The number of aliphatic hydroxyl groups excluding tert-OH is 4. The summed E-state index contributed by atoms with van der Waals surface area (Å²) < 4.78 is 4.80. The number of rotatable bonds is 2. The number of hydrogen-bond donors (Lipinski definition) is 6. The molecule has 0 radical (unpaired) electrons. The van der Waals surface area contributed by atoms with Gasteiger partial charge in [-0.2, -0.15) is 0 Å². The molecule has 1 aliphatic heterocycles. The molecule has 0 unspecified atom stereocenters. The Balaban J connectivity index is 2.84. The van der Waals surface area contributed by atoms with Gasteiger partial charge in [0.1, 0.15) is 18.3 Å². The van der Waals surface area contributed by atoms with Gasteiger partial charge in [0.15, 0.2) is 6.10 Å². The van der Waals surface area contributed by atoms with Crippen LogP contribution in [-0.4, -0.2) is 69.5 Å². The molecule has 0 spiro atoms. The van der Waals surface area contributed by atoms with Crippen molar-refractivity contribution in [1.29, 1.82) is 0 Å². The molecule has 1 rings (SSSR count). The van der Waals surface area contributed by atoms with Gasteiger partial charge in [-0.15, -0.1) is 0 Å². The third-order valence-corrected chi connectivity index (χ3v) is 2.32. The van der Waals surface area contributed by atoms with E-state index >= 15 is 0 Å². The van der Waals surface area contributed by atoms with Gasteiger partial charge in [-0.05, 0) is 7.05 Å². The van der Waals surface area contributed by atoms with Crippen molar-refractivity contribution in [2.45, 2.75) is 30.3 Å². The molecule has 0 aromatic carbocycles. The van der Waals surface area contributed by atoms with Crippen LogP contribution in [0, 0.1) is 0 Å². The molecule has 0 aliphatic carbocycles. The van der Waals surface area contributed by atoms with Crippen LogP contribution in [0.4, 0.5) is 0 Å². The first-order valence-corrected chi connectivity index (χ1v) is 4.20. The van der Waals surface area contributed by atoms with Crippen LogP contribution in [-0.2, 0) is 4.74 Å². The van der Waals surface area contributed by atoms with Crippen molar-refractivity contribution in [2.24, 2.45) is 0 Å². The minimum Gasteiger partial charge on any atom is -0.394 e. The predicted molar refractivity (Wildman–Crippen MR) is 44.0 cm³/mol. The van der Waals surface area contributed by atoms with Gasteiger partial charge in [0.25, 0.3) is 5.91 Å². The third-order valence-electron chi connectivity index (χ3n) is 2.32. The lowest BCUT2D eigenvalue weighted by atomic mass is 9.97. The minimum atomic E-state index is -2.16. The van der Waals surface area contributed by atoms with Gasteiger partial charge in [0.2, 0.25) is 0 Å². The van der Waals surface area contributed by atoms with Crippen molar-refractivity contribution in [3.63, 3.8) is 0 Å². The summed E-state index contributed by atoms with van der Waals surface area (Å²) in [4.78, 5) is 0. The summed E-state index contributed by atoms with van der Waals surface area (Å²) in [5, 5.41) is 48.6. The van der Waals surface area contributed by atoms with Crippen LogP contribution in [0.25, 0.3) is 0 Å². The maximum Gasteiger partial charge on any atom is 0.255 e. The van der Waals surface area contributed by atoms with Crippen molar-refractivity contribution in [1.82, 2.24) is 5.32 Å². The second-order valence-corrected chi connectivity index (χ2v) is 3.21. The number of hydrogen-bond acceptors (Lipinski definition) is 7. The molecular formula is C7H15NO6. The SMILES string of the molecule is CN[C@@]1(O)O[C@H](CO)[C@H](O)[C@H](O)[C@H]1O. The van der Waals surface area contributed by atoms with Crippen LogP contribution in [0.1, 0.15) is 0 Å². The second kappa shape index (κ2) is 4.07. The quantitative estimate of drug-likeness (QED) is 0.259. The molecule has 7 nitrogen and oxygen atoms in total. The molecule has 0 amide bonds. The number of nitrogens with one attached hydrogen (secondary N) is 1. The zero-order chi connectivity index (χ0) is 10.9. The van der Waals surface area contributed by atoms with E-state index in [9.17, 15) is 20.4 Å². The van der Waals surface area contributed by atoms with Gasteiger partial charge < -0.3 is 30.3 Å². The van der Waals surface area contributed by atoms with Gasteiger partial charge in [-0.25, -0.2) is 0 Å². The van der Waals surface area contributed by atoms with Crippen molar-refractivity contribution < 1.29 is 30.3 Å². The Morgan fingerprint density at radius 1 is 1.29 bits per heavy atom. The maximum absolute atomic E-state index is 9.57. The summed E-state index contributed by atoms with van der Waals surface area (Å²) in [5.41, 5.74) is 0. The largest absolute Gasteiger partial charge is 0.394 e. The smallest absolute Gasteiger partial charge is 0.255 e. The number of aliphatic hydroxyl groups is 5. The highest BCUT2D eigenvalue weighted by atomic mass is 16.7. The van der Waals surface area contributed by atoms with Gasteiger partial charge in [-0.3, -0.25) is 5.32 Å². The Hall–Kier alpha value is -0.280. The molecule has 14 heavy (non-hydrogen) atoms. The third kappa shape index (κ3) is 1.75. The molecule has 6 N–H and O–H groups in total. The normalized spacial score (nSPS) is 49.3. The molecule has 5 atom stereocenters. The minimum absolute atomic E-state index is 0.574. The highest BCUT2D eigenvalue weighted by Gasteiger charge is 2.51. The first-order valence-electron chi connectivity index (χ1n) is 4.20. The van der Waals surface area contributed by atoms with E-state index in [4.69, 9.17) is 9.84 Å². The molecule has 0 aromatic heterocycles. The van der Waals surface area contributed by atoms with Crippen molar-refractivity contribution in [3.8, 4) is 0 Å². The standard InChI is InChI=1S/C7H15NO6/c1-8-7(13)6(12)5(11)4(10)3(2-9)14-7/h3-6,8-13H,2H2,1H3/t3-,4+,5+,6-,7+/m1/s1. The zero-order valence-corrected chi connectivity index (χ0v) is 7.66. The van der Waals surface area contributed by atoms with Crippen LogP contribution in [0.3, 0.4) is 0 Å². The molecule has 1 saturated heterocycles. The van der Waals surface area contributed by atoms with Crippen molar-refractivity contribution in [2.75, 3.05) is 13.7 Å². The van der Waals surface area contributed by atoms with Gasteiger partial charge in [-0.1, -0.05) is 0 Å². The number of ether oxygens (including phenoxy) is 1. The molecule has 1 heterocycles. The highest BCUT2D eigenvalue weighted by molar-refractivity contribution is 4.94. The van der Waals surface area contributed by atoms with Crippen LogP contribution >= 0.6 is 0 Å². The molecular weight excluding hydrogens is 194 g/mol. The lowest BCUT2D eigenvalue weighted by Gasteiger charge is -2.44. The summed E-state index contributed by atoms with van der Waals surface area (Å²) in [7, 11) is 1.31. The van der Waals surface area contributed by atoms with E-state index in [0.717, 1.165) is 0 Å². The molecule has 0 aromatic rings. The van der Waals surface area contributed by atoms with E-state index in [2.05, 4.69) is 5.32 Å². The zero-order valence-electron chi connectivity index (χ0n) is 7.66. The number of likely N-dealkylation sites (N-methyl/N-ethyl adjacent to an activating group) is 1. The van der Waals surface area contributed by atoms with Crippen LogP contribution in [0.2, 0.25) is 0 Å². The summed E-state index contributed by atoms with van der Waals surface area (Å²) in [6.07, 6.45) is -5.86. The molecule has 84 valence electrons. The molecule has 1 aliphatic rings. The summed E-state index contributed by atoms with van der Waals surface area (Å²) in [5.74, 6) is -2.16. The molecule has 1 fully saturated rings. The van der Waals surface area contributed by atoms with Crippen molar-refractivity contribution in [3.05, 3.63) is 0 Å². The molecule has 0 saturated carbocycles. The fraction of sp³-hybridized carbons (Fsp3) is 1.00. The highest BCUT2D eigenvalue weighted by Crippen LogP contribution is 2.25. The summed E-state index contributed by atoms with van der Waals surface area (Å²) in [6.45, 7) is -0.574. The maximum atomic E-state index is 9.57. The monoisotopic (exact) mass is 209 g/mol. The fourth-order valence-electron chi connectivity index (χ4n) is 1.36. The Morgan fingerprint density at radius 3 is 2.29 bits per heavy atom. The molecule has 7 heteroatoms. The Bertz CT molecular complexity index is 201.